The molecule has 0 atom stereocenters. The second kappa shape index (κ2) is 13.0. The SMILES string of the molecule is CCCCN(CCCC)S(=O)(=O)c1ccc(NC(=O)C(=Cc2ccccc2)c2ccccc2)cc1. The van der Waals surface area contributed by atoms with E-state index in [0.29, 0.717) is 24.4 Å². The Morgan fingerprint density at radius 3 is 1.89 bits per heavy atom. The predicted octanol–water partition coefficient (Wildman–Crippen LogP) is 6.46. The molecule has 0 saturated carbocycles. The van der Waals surface area contributed by atoms with Crippen molar-refractivity contribution in [1.29, 1.82) is 0 Å². The van der Waals surface area contributed by atoms with E-state index >= 15 is 0 Å². The molecule has 0 bridgehead atoms. The van der Waals surface area contributed by atoms with E-state index in [1.165, 1.54) is 0 Å². The highest BCUT2D eigenvalue weighted by Crippen LogP contribution is 2.23. The van der Waals surface area contributed by atoms with E-state index in [1.54, 1.807) is 28.6 Å². The molecule has 6 heteroatoms. The normalized spacial score (nSPS) is 12.0. The third-order valence-corrected chi connectivity index (χ3v) is 7.62. The van der Waals surface area contributed by atoms with Gasteiger partial charge in [0.05, 0.1) is 4.90 Å². The first-order chi connectivity index (χ1) is 17.0. The van der Waals surface area contributed by atoms with Crippen LogP contribution < -0.4 is 5.32 Å². The molecule has 3 aromatic rings. The molecule has 1 amide bonds. The summed E-state index contributed by atoms with van der Waals surface area (Å²) in [5, 5.41) is 2.92. The monoisotopic (exact) mass is 490 g/mol. The maximum atomic E-state index is 13.2. The van der Waals surface area contributed by atoms with E-state index < -0.39 is 10.0 Å². The number of unbranched alkanes of at least 4 members (excludes halogenated alkanes) is 2. The van der Waals surface area contributed by atoms with Gasteiger partial charge >= 0.3 is 0 Å². The summed E-state index contributed by atoms with van der Waals surface area (Å²) in [7, 11) is -3.58. The van der Waals surface area contributed by atoms with Gasteiger partial charge < -0.3 is 5.32 Å². The molecule has 5 nitrogen and oxygen atoms in total. The van der Waals surface area contributed by atoms with Crippen LogP contribution in [0, 0.1) is 0 Å². The van der Waals surface area contributed by atoms with Crippen LogP contribution in [0.5, 0.6) is 0 Å². The smallest absolute Gasteiger partial charge is 0.256 e. The molecule has 0 fully saturated rings. The largest absolute Gasteiger partial charge is 0.322 e. The summed E-state index contributed by atoms with van der Waals surface area (Å²) >= 11 is 0. The van der Waals surface area contributed by atoms with Crippen molar-refractivity contribution in [2.24, 2.45) is 0 Å². The molecule has 0 aromatic heterocycles. The molecule has 35 heavy (non-hydrogen) atoms. The van der Waals surface area contributed by atoms with Gasteiger partial charge in [-0.2, -0.15) is 4.31 Å². The van der Waals surface area contributed by atoms with E-state index in [2.05, 4.69) is 19.2 Å². The molecule has 1 N–H and O–H groups in total. The van der Waals surface area contributed by atoms with Crippen LogP contribution >= 0.6 is 0 Å². The Bertz CT molecular complexity index is 1200. The molecule has 0 heterocycles. The zero-order valence-electron chi connectivity index (χ0n) is 20.5. The molecule has 0 spiro atoms. The Hall–Kier alpha value is -3.22. The number of nitrogens with zero attached hydrogens (tertiary/aromatic N) is 1. The highest BCUT2D eigenvalue weighted by Gasteiger charge is 2.23. The molecule has 3 rings (SSSR count). The fourth-order valence-corrected chi connectivity index (χ4v) is 5.21. The third-order valence-electron chi connectivity index (χ3n) is 5.71. The van der Waals surface area contributed by atoms with Crippen LogP contribution in [0.1, 0.15) is 50.7 Å². The van der Waals surface area contributed by atoms with Crippen molar-refractivity contribution in [2.45, 2.75) is 44.4 Å². The topological polar surface area (TPSA) is 66.5 Å². The Labute approximate surface area is 209 Å². The molecule has 0 aliphatic carbocycles. The first-order valence-electron chi connectivity index (χ1n) is 12.2. The summed E-state index contributed by atoms with van der Waals surface area (Å²) in [5.41, 5.74) is 2.79. The van der Waals surface area contributed by atoms with E-state index in [4.69, 9.17) is 0 Å². The number of hydrogen-bond acceptors (Lipinski definition) is 3. The summed E-state index contributed by atoms with van der Waals surface area (Å²) in [6.07, 6.45) is 5.37. The second-order valence-electron chi connectivity index (χ2n) is 8.42. The zero-order valence-corrected chi connectivity index (χ0v) is 21.3. The molecule has 0 aliphatic heterocycles. The van der Waals surface area contributed by atoms with Gasteiger partial charge in [0.25, 0.3) is 5.91 Å². The van der Waals surface area contributed by atoms with E-state index in [-0.39, 0.29) is 10.8 Å². The Morgan fingerprint density at radius 1 is 0.800 bits per heavy atom. The Kier molecular flexibility index (Phi) is 9.82. The number of sulfonamides is 1. The number of nitrogens with one attached hydrogen (secondary N) is 1. The van der Waals surface area contributed by atoms with Crippen LogP contribution in [0.25, 0.3) is 11.6 Å². The van der Waals surface area contributed by atoms with Gasteiger partial charge in [0.2, 0.25) is 10.0 Å². The third kappa shape index (κ3) is 7.38. The van der Waals surface area contributed by atoms with Crippen molar-refractivity contribution in [2.75, 3.05) is 18.4 Å². The zero-order chi connectivity index (χ0) is 25.1. The summed E-state index contributed by atoms with van der Waals surface area (Å²) in [6, 6.07) is 25.6. The number of hydrogen-bond donors (Lipinski definition) is 1. The number of rotatable bonds is 12. The molecule has 184 valence electrons. The molecule has 0 saturated heterocycles. The average Bonchev–Trinajstić information content (AvgIpc) is 2.88. The van der Waals surface area contributed by atoms with Gasteiger partial charge in [-0.15, -0.1) is 0 Å². The first kappa shape index (κ1) is 26.4. The van der Waals surface area contributed by atoms with Crippen LogP contribution in [0.3, 0.4) is 0 Å². The lowest BCUT2D eigenvalue weighted by Gasteiger charge is -2.22. The van der Waals surface area contributed by atoms with Gasteiger partial charge in [-0.3, -0.25) is 4.79 Å². The highest BCUT2D eigenvalue weighted by atomic mass is 32.2. The van der Waals surface area contributed by atoms with Gasteiger partial charge in [-0.25, -0.2) is 8.42 Å². The van der Waals surface area contributed by atoms with Crippen LogP contribution in [0.2, 0.25) is 0 Å². The summed E-state index contributed by atoms with van der Waals surface area (Å²) in [6.45, 7) is 5.14. The number of carbonyl (C=O) groups is 1. The van der Waals surface area contributed by atoms with Gasteiger partial charge in [0, 0.05) is 24.4 Å². The van der Waals surface area contributed by atoms with Crippen LogP contribution in [0.4, 0.5) is 5.69 Å². The van der Waals surface area contributed by atoms with Gasteiger partial charge in [0.1, 0.15) is 0 Å². The van der Waals surface area contributed by atoms with Crippen molar-refractivity contribution < 1.29 is 13.2 Å². The number of benzene rings is 3. The standard InChI is InChI=1S/C29H34N2O3S/c1-3-5-21-31(22-6-4-2)35(33,34)27-19-17-26(18-20-27)30-29(32)28(25-15-11-8-12-16-25)23-24-13-9-7-10-14-24/h7-20,23H,3-6,21-22H2,1-2H3,(H,30,32). The van der Waals surface area contributed by atoms with Gasteiger partial charge in [-0.05, 0) is 54.3 Å². The highest BCUT2D eigenvalue weighted by molar-refractivity contribution is 7.89. The van der Waals surface area contributed by atoms with Crippen LogP contribution in [-0.2, 0) is 14.8 Å². The quantitative estimate of drug-likeness (QED) is 0.234. The van der Waals surface area contributed by atoms with Gasteiger partial charge in [-0.1, -0.05) is 87.4 Å². The minimum Gasteiger partial charge on any atom is -0.322 e. The van der Waals surface area contributed by atoms with E-state index in [1.807, 2.05) is 66.7 Å². The Balaban J connectivity index is 1.82. The fraction of sp³-hybridized carbons (Fsp3) is 0.276. The van der Waals surface area contributed by atoms with Crippen LogP contribution in [0.15, 0.2) is 89.8 Å². The van der Waals surface area contributed by atoms with E-state index in [9.17, 15) is 13.2 Å². The predicted molar refractivity (Wildman–Crippen MR) is 144 cm³/mol. The number of anilines is 1. The Morgan fingerprint density at radius 2 is 1.34 bits per heavy atom. The molecule has 0 unspecified atom stereocenters. The van der Waals surface area contributed by atoms with Crippen molar-refractivity contribution in [3.05, 3.63) is 96.1 Å². The van der Waals surface area contributed by atoms with E-state index in [0.717, 1.165) is 36.8 Å². The first-order valence-corrected chi connectivity index (χ1v) is 13.6. The average molecular weight is 491 g/mol. The molecule has 0 radical (unpaired) electrons. The maximum Gasteiger partial charge on any atom is 0.256 e. The van der Waals surface area contributed by atoms with Crippen molar-refractivity contribution in [3.63, 3.8) is 0 Å². The lowest BCUT2D eigenvalue weighted by atomic mass is 10.0. The molecular weight excluding hydrogens is 456 g/mol. The lowest BCUT2D eigenvalue weighted by Crippen LogP contribution is -2.33. The molecule has 3 aromatic carbocycles. The maximum absolute atomic E-state index is 13.2. The van der Waals surface area contributed by atoms with Gasteiger partial charge in [0.15, 0.2) is 0 Å². The second-order valence-corrected chi connectivity index (χ2v) is 10.4. The minimum absolute atomic E-state index is 0.241. The summed E-state index contributed by atoms with van der Waals surface area (Å²) < 4.78 is 28.0. The van der Waals surface area contributed by atoms with Crippen molar-refractivity contribution in [3.8, 4) is 0 Å². The molecular formula is C29H34N2O3S. The summed E-state index contributed by atoms with van der Waals surface area (Å²) in [4.78, 5) is 13.5. The lowest BCUT2D eigenvalue weighted by molar-refractivity contribution is -0.111. The van der Waals surface area contributed by atoms with Crippen LogP contribution in [-0.4, -0.2) is 31.7 Å². The summed E-state index contributed by atoms with van der Waals surface area (Å²) in [5.74, 6) is -0.261. The minimum atomic E-state index is -3.58. The fourth-order valence-electron chi connectivity index (χ4n) is 3.69. The van der Waals surface area contributed by atoms with Crippen molar-refractivity contribution in [1.82, 2.24) is 4.31 Å². The van der Waals surface area contributed by atoms with Crippen molar-refractivity contribution >= 4 is 33.3 Å². The number of carbonyl (C=O) groups excluding carboxylic acids is 1. The number of amides is 1. The molecule has 0 aliphatic rings.